The van der Waals surface area contributed by atoms with E-state index >= 15 is 0 Å². The van der Waals surface area contributed by atoms with Crippen molar-refractivity contribution >= 4 is 33.5 Å². The second-order valence-corrected chi connectivity index (χ2v) is 14.2. The molecule has 2 fully saturated rings. The molecule has 0 N–H and O–H groups in total. The lowest BCUT2D eigenvalue weighted by molar-refractivity contribution is -0.152. The summed E-state index contributed by atoms with van der Waals surface area (Å²) in [6.45, 7) is 5.86. The molecule has 6 heteroatoms. The summed E-state index contributed by atoms with van der Waals surface area (Å²) in [5.74, 6) is 1.83. The molecule has 2 saturated carbocycles. The van der Waals surface area contributed by atoms with E-state index in [2.05, 4.69) is 25.1 Å². The van der Waals surface area contributed by atoms with Gasteiger partial charge in [-0.2, -0.15) is 0 Å². The highest BCUT2D eigenvalue weighted by Crippen LogP contribution is 2.43. The van der Waals surface area contributed by atoms with E-state index in [9.17, 15) is 9.59 Å². The molecule has 0 bridgehead atoms. The first-order chi connectivity index (χ1) is 22.9. The van der Waals surface area contributed by atoms with Crippen LogP contribution in [0, 0.1) is 11.8 Å². The molecular weight excluding hydrogens is 588 g/mol. The maximum Gasteiger partial charge on any atom is 0.344 e. The third-order valence-electron chi connectivity index (χ3n) is 10.2. The fourth-order valence-corrected chi connectivity index (χ4v) is 7.85. The zero-order chi connectivity index (χ0) is 33.0. The number of hydrogen-bond acceptors (Lipinski definition) is 6. The molecule has 47 heavy (non-hydrogen) atoms. The Hall–Kier alpha value is -3.28. The molecule has 2 aliphatic carbocycles. The van der Waals surface area contributed by atoms with Crippen molar-refractivity contribution in [2.24, 2.45) is 11.8 Å². The SMILES string of the molecule is CCCCCc1ccc2c(OCC(=O)OC(C)CC3CCCCC3)c3ccccc3c(OCC(=O)OC(C)CC3CCCCC3)c2c1. The summed E-state index contributed by atoms with van der Waals surface area (Å²) < 4.78 is 24.3. The predicted octanol–water partition coefficient (Wildman–Crippen LogP) is 10.3. The van der Waals surface area contributed by atoms with Crippen LogP contribution < -0.4 is 9.47 Å². The van der Waals surface area contributed by atoms with E-state index in [0.717, 1.165) is 53.6 Å². The molecular formula is C41H56O6. The monoisotopic (exact) mass is 644 g/mol. The lowest BCUT2D eigenvalue weighted by atomic mass is 9.86. The third-order valence-corrected chi connectivity index (χ3v) is 10.2. The molecule has 0 aliphatic heterocycles. The average Bonchev–Trinajstić information content (AvgIpc) is 3.07. The van der Waals surface area contributed by atoms with Crippen molar-refractivity contribution in [2.45, 2.75) is 136 Å². The van der Waals surface area contributed by atoms with Gasteiger partial charge in [-0.1, -0.05) is 120 Å². The van der Waals surface area contributed by atoms with Gasteiger partial charge < -0.3 is 18.9 Å². The van der Waals surface area contributed by atoms with Crippen LogP contribution in [0.1, 0.15) is 123 Å². The Labute approximate surface area is 281 Å². The Kier molecular flexibility index (Phi) is 13.2. The summed E-state index contributed by atoms with van der Waals surface area (Å²) in [6, 6.07) is 14.2. The standard InChI is InChI=1S/C41H56O6/c1-4-5-8-15-33-22-23-36-37(26-33)41(45-28-39(43)47-30(3)25-32-18-11-7-12-19-32)35-21-14-13-20-34(35)40(36)44-27-38(42)46-29(2)24-31-16-9-6-10-17-31/h13-14,20-23,26,29-32H,4-12,15-19,24-25,27-28H2,1-3H3. The van der Waals surface area contributed by atoms with Crippen LogP contribution >= 0.6 is 0 Å². The Morgan fingerprint density at radius 2 is 1.15 bits per heavy atom. The average molecular weight is 645 g/mol. The van der Waals surface area contributed by atoms with Gasteiger partial charge in [0.15, 0.2) is 13.2 Å². The smallest absolute Gasteiger partial charge is 0.344 e. The molecule has 5 rings (SSSR count). The minimum atomic E-state index is -0.354. The van der Waals surface area contributed by atoms with Gasteiger partial charge in [0.1, 0.15) is 11.5 Å². The van der Waals surface area contributed by atoms with E-state index < -0.39 is 0 Å². The van der Waals surface area contributed by atoms with E-state index in [0.29, 0.717) is 23.3 Å². The van der Waals surface area contributed by atoms with Crippen LogP contribution in [0.2, 0.25) is 0 Å². The lowest BCUT2D eigenvalue weighted by Crippen LogP contribution is -2.24. The van der Waals surface area contributed by atoms with Crippen LogP contribution in [0.4, 0.5) is 0 Å². The maximum atomic E-state index is 13.0. The third kappa shape index (κ3) is 10.1. The van der Waals surface area contributed by atoms with Crippen molar-refractivity contribution in [2.75, 3.05) is 13.2 Å². The number of benzene rings is 3. The largest absolute Gasteiger partial charge is 0.481 e. The molecule has 0 spiro atoms. The normalized spacial score (nSPS) is 17.3. The molecule has 2 atom stereocenters. The number of carbonyl (C=O) groups excluding carboxylic acids is 2. The molecule has 3 aromatic carbocycles. The van der Waals surface area contributed by atoms with Crippen LogP contribution in [-0.4, -0.2) is 37.4 Å². The number of unbranched alkanes of at least 4 members (excludes halogenated alkanes) is 2. The fraction of sp³-hybridized carbons (Fsp3) is 0.610. The maximum absolute atomic E-state index is 13.0. The second-order valence-electron chi connectivity index (χ2n) is 14.2. The summed E-state index contributed by atoms with van der Waals surface area (Å²) in [5.41, 5.74) is 1.21. The quantitative estimate of drug-likeness (QED) is 0.0878. The van der Waals surface area contributed by atoms with Crippen molar-refractivity contribution in [1.82, 2.24) is 0 Å². The molecule has 0 amide bonds. The topological polar surface area (TPSA) is 71.1 Å². The van der Waals surface area contributed by atoms with E-state index in [1.54, 1.807) is 0 Å². The van der Waals surface area contributed by atoms with Crippen molar-refractivity contribution in [3.8, 4) is 11.5 Å². The van der Waals surface area contributed by atoms with Crippen LogP contribution in [0.25, 0.3) is 21.5 Å². The summed E-state index contributed by atoms with van der Waals surface area (Å²) >= 11 is 0. The Bertz CT molecular complexity index is 1450. The van der Waals surface area contributed by atoms with Crippen molar-refractivity contribution < 1.29 is 28.5 Å². The molecule has 6 nitrogen and oxygen atoms in total. The Morgan fingerprint density at radius 3 is 1.66 bits per heavy atom. The summed E-state index contributed by atoms with van der Waals surface area (Å²) in [5, 5.41) is 3.38. The predicted molar refractivity (Wildman–Crippen MR) is 189 cm³/mol. The number of esters is 2. The summed E-state index contributed by atoms with van der Waals surface area (Å²) in [7, 11) is 0. The minimum absolute atomic E-state index is 0.130. The number of hydrogen-bond donors (Lipinski definition) is 0. The van der Waals surface area contributed by atoms with E-state index in [4.69, 9.17) is 18.9 Å². The highest BCUT2D eigenvalue weighted by molar-refractivity contribution is 6.11. The highest BCUT2D eigenvalue weighted by Gasteiger charge is 2.23. The van der Waals surface area contributed by atoms with Gasteiger partial charge >= 0.3 is 11.9 Å². The van der Waals surface area contributed by atoms with Crippen molar-refractivity contribution in [3.63, 3.8) is 0 Å². The minimum Gasteiger partial charge on any atom is -0.481 e. The van der Waals surface area contributed by atoms with Crippen molar-refractivity contribution in [3.05, 3.63) is 48.0 Å². The van der Waals surface area contributed by atoms with Gasteiger partial charge in [-0.05, 0) is 63.0 Å². The molecule has 0 saturated heterocycles. The molecule has 0 aromatic heterocycles. The fourth-order valence-electron chi connectivity index (χ4n) is 7.85. The Balaban J connectivity index is 1.34. The van der Waals surface area contributed by atoms with Gasteiger partial charge in [0, 0.05) is 21.5 Å². The van der Waals surface area contributed by atoms with E-state index in [1.807, 2.05) is 38.1 Å². The van der Waals surface area contributed by atoms with Crippen LogP contribution in [0.3, 0.4) is 0 Å². The van der Waals surface area contributed by atoms with Crippen LogP contribution in [0.15, 0.2) is 42.5 Å². The van der Waals surface area contributed by atoms with Gasteiger partial charge in [-0.3, -0.25) is 0 Å². The first-order valence-corrected chi connectivity index (χ1v) is 18.5. The second kappa shape index (κ2) is 17.8. The molecule has 0 radical (unpaired) electrons. The zero-order valence-corrected chi connectivity index (χ0v) is 29.0. The van der Waals surface area contributed by atoms with E-state index in [-0.39, 0.29) is 37.4 Å². The number of carbonyl (C=O) groups is 2. The zero-order valence-electron chi connectivity index (χ0n) is 29.0. The molecule has 2 unspecified atom stereocenters. The van der Waals surface area contributed by atoms with Gasteiger partial charge in [0.2, 0.25) is 0 Å². The number of ether oxygens (including phenoxy) is 4. The van der Waals surface area contributed by atoms with Crippen molar-refractivity contribution in [1.29, 1.82) is 0 Å². The first kappa shape index (κ1) is 35.0. The molecule has 0 heterocycles. The van der Waals surface area contributed by atoms with Gasteiger partial charge in [0.25, 0.3) is 0 Å². The number of rotatable bonds is 16. The van der Waals surface area contributed by atoms with E-state index in [1.165, 1.54) is 76.2 Å². The lowest BCUT2D eigenvalue weighted by Gasteiger charge is -2.25. The van der Waals surface area contributed by atoms with Gasteiger partial charge in [-0.25, -0.2) is 9.59 Å². The highest BCUT2D eigenvalue weighted by atomic mass is 16.6. The van der Waals surface area contributed by atoms with Crippen LogP contribution in [0.5, 0.6) is 11.5 Å². The van der Waals surface area contributed by atoms with Crippen LogP contribution in [-0.2, 0) is 25.5 Å². The summed E-state index contributed by atoms with van der Waals surface area (Å²) in [6.07, 6.45) is 18.6. The Morgan fingerprint density at radius 1 is 0.660 bits per heavy atom. The number of aryl methyl sites for hydroxylation is 1. The van der Waals surface area contributed by atoms with Gasteiger partial charge in [-0.15, -0.1) is 0 Å². The van der Waals surface area contributed by atoms with Gasteiger partial charge in [0.05, 0.1) is 12.2 Å². The first-order valence-electron chi connectivity index (χ1n) is 18.5. The summed E-state index contributed by atoms with van der Waals surface area (Å²) in [4.78, 5) is 26.0. The number of fused-ring (bicyclic) bond motifs is 2. The molecule has 3 aromatic rings. The molecule has 256 valence electrons. The molecule has 2 aliphatic rings.